The molecule has 3 amide bonds. The predicted molar refractivity (Wildman–Crippen MR) is 84.6 cm³/mol. The van der Waals surface area contributed by atoms with Crippen molar-refractivity contribution in [2.24, 2.45) is 0 Å². The van der Waals surface area contributed by atoms with Crippen molar-refractivity contribution >= 4 is 29.1 Å². The van der Waals surface area contributed by atoms with Crippen molar-refractivity contribution in [2.45, 2.75) is 39.2 Å². The Labute approximate surface area is 129 Å². The lowest BCUT2D eigenvalue weighted by atomic mass is 10.2. The third-order valence-corrected chi connectivity index (χ3v) is 3.36. The predicted octanol–water partition coefficient (Wildman–Crippen LogP) is 1.67. The van der Waals surface area contributed by atoms with Crippen LogP contribution in [0.2, 0.25) is 0 Å². The molecule has 0 atom stereocenters. The first kappa shape index (κ1) is 16.0. The van der Waals surface area contributed by atoms with E-state index < -0.39 is 0 Å². The summed E-state index contributed by atoms with van der Waals surface area (Å²) < 4.78 is 0. The first-order valence-corrected chi connectivity index (χ1v) is 7.41. The van der Waals surface area contributed by atoms with Gasteiger partial charge in [0, 0.05) is 44.2 Å². The lowest BCUT2D eigenvalue weighted by Crippen LogP contribution is -2.34. The monoisotopic (exact) mass is 303 g/mol. The summed E-state index contributed by atoms with van der Waals surface area (Å²) in [4.78, 5) is 36.2. The van der Waals surface area contributed by atoms with Gasteiger partial charge in [-0.05, 0) is 31.0 Å². The number of hydrogen-bond donors (Lipinski definition) is 2. The van der Waals surface area contributed by atoms with Crippen LogP contribution in [0.4, 0.5) is 11.4 Å². The number of carbonyl (C=O) groups is 3. The Kier molecular flexibility index (Phi) is 5.14. The molecular weight excluding hydrogens is 282 g/mol. The van der Waals surface area contributed by atoms with Gasteiger partial charge in [-0.3, -0.25) is 14.4 Å². The summed E-state index contributed by atoms with van der Waals surface area (Å²) >= 11 is 0. The van der Waals surface area contributed by atoms with Crippen LogP contribution >= 0.6 is 0 Å². The molecule has 6 heteroatoms. The van der Waals surface area contributed by atoms with E-state index in [9.17, 15) is 14.4 Å². The average molecular weight is 303 g/mol. The van der Waals surface area contributed by atoms with Crippen molar-refractivity contribution < 1.29 is 14.4 Å². The average Bonchev–Trinajstić information content (AvgIpc) is 3.22. The fraction of sp³-hybridized carbons (Fsp3) is 0.438. The third kappa shape index (κ3) is 4.87. The zero-order valence-corrected chi connectivity index (χ0v) is 12.9. The van der Waals surface area contributed by atoms with E-state index in [-0.39, 0.29) is 24.1 Å². The number of nitrogens with zero attached hydrogens (tertiary/aromatic N) is 1. The van der Waals surface area contributed by atoms with Crippen LogP contribution in [0, 0.1) is 0 Å². The van der Waals surface area contributed by atoms with Crippen LogP contribution < -0.4 is 15.5 Å². The molecule has 0 bridgehead atoms. The number of amides is 3. The van der Waals surface area contributed by atoms with E-state index in [1.807, 2.05) is 0 Å². The second-order valence-electron chi connectivity index (χ2n) is 5.49. The van der Waals surface area contributed by atoms with Crippen LogP contribution in [0.5, 0.6) is 0 Å². The lowest BCUT2D eigenvalue weighted by molar-refractivity contribution is -0.121. The number of anilines is 2. The fourth-order valence-electron chi connectivity index (χ4n) is 2.16. The van der Waals surface area contributed by atoms with Crippen molar-refractivity contribution in [1.82, 2.24) is 5.32 Å². The Balaban J connectivity index is 2.01. The molecule has 118 valence electrons. The van der Waals surface area contributed by atoms with Gasteiger partial charge in [-0.15, -0.1) is 0 Å². The van der Waals surface area contributed by atoms with Crippen LogP contribution in [0.1, 0.15) is 33.1 Å². The zero-order valence-electron chi connectivity index (χ0n) is 12.9. The molecule has 0 aromatic heterocycles. The van der Waals surface area contributed by atoms with Crippen LogP contribution in [0.25, 0.3) is 0 Å². The van der Waals surface area contributed by atoms with Crippen molar-refractivity contribution in [3.63, 3.8) is 0 Å². The summed E-state index contributed by atoms with van der Waals surface area (Å²) in [6.07, 6.45) is 2.35. The highest BCUT2D eigenvalue weighted by molar-refractivity contribution is 5.94. The first-order valence-electron chi connectivity index (χ1n) is 7.41. The molecule has 0 unspecified atom stereocenters. The summed E-state index contributed by atoms with van der Waals surface area (Å²) in [5.74, 6) is -0.346. The van der Waals surface area contributed by atoms with Crippen molar-refractivity contribution in [3.05, 3.63) is 24.3 Å². The maximum atomic E-state index is 11.8. The maximum Gasteiger partial charge on any atom is 0.223 e. The highest BCUT2D eigenvalue weighted by atomic mass is 16.2. The molecule has 1 fully saturated rings. The highest BCUT2D eigenvalue weighted by Gasteiger charge is 2.23. The standard InChI is InChI=1S/C16H21N3O3/c1-11(20)17-14-4-3-5-15(10-14)19(12(2)21)9-8-16(22)18-13-6-7-13/h3-5,10,13H,6-9H2,1-2H3,(H,17,20)(H,18,22). The third-order valence-electron chi connectivity index (χ3n) is 3.36. The van der Waals surface area contributed by atoms with Crippen LogP contribution in [-0.4, -0.2) is 30.3 Å². The Morgan fingerprint density at radius 3 is 2.55 bits per heavy atom. The molecule has 2 rings (SSSR count). The van der Waals surface area contributed by atoms with Crippen LogP contribution in [0.3, 0.4) is 0 Å². The first-order chi connectivity index (χ1) is 10.5. The minimum atomic E-state index is -0.171. The smallest absolute Gasteiger partial charge is 0.223 e. The minimum absolute atomic E-state index is 0.0354. The Hall–Kier alpha value is -2.37. The molecule has 1 aliphatic carbocycles. The van der Waals surface area contributed by atoms with Gasteiger partial charge >= 0.3 is 0 Å². The highest BCUT2D eigenvalue weighted by Crippen LogP contribution is 2.21. The SMILES string of the molecule is CC(=O)Nc1cccc(N(CCC(=O)NC2CC2)C(C)=O)c1. The van der Waals surface area contributed by atoms with Crippen LogP contribution in [0.15, 0.2) is 24.3 Å². The lowest BCUT2D eigenvalue weighted by Gasteiger charge is -2.21. The molecule has 0 radical (unpaired) electrons. The van der Waals surface area contributed by atoms with Gasteiger partial charge in [0.15, 0.2) is 0 Å². The molecule has 6 nitrogen and oxygen atoms in total. The minimum Gasteiger partial charge on any atom is -0.353 e. The fourth-order valence-corrected chi connectivity index (χ4v) is 2.16. The van der Waals surface area contributed by atoms with Gasteiger partial charge in [0.1, 0.15) is 0 Å². The van der Waals surface area contributed by atoms with Crippen molar-refractivity contribution in [1.29, 1.82) is 0 Å². The van der Waals surface area contributed by atoms with Crippen molar-refractivity contribution in [3.8, 4) is 0 Å². The number of benzene rings is 1. The molecule has 1 saturated carbocycles. The molecular formula is C16H21N3O3. The largest absolute Gasteiger partial charge is 0.353 e. The summed E-state index contributed by atoms with van der Waals surface area (Å²) in [6, 6.07) is 7.35. The zero-order chi connectivity index (χ0) is 16.1. The van der Waals surface area contributed by atoms with E-state index in [0.717, 1.165) is 12.8 Å². The van der Waals surface area contributed by atoms with Crippen molar-refractivity contribution in [2.75, 3.05) is 16.8 Å². The molecule has 1 aliphatic rings. The number of nitrogens with one attached hydrogen (secondary N) is 2. The summed E-state index contributed by atoms with van der Waals surface area (Å²) in [5.41, 5.74) is 1.29. The van der Waals surface area contributed by atoms with Gasteiger partial charge in [0.05, 0.1) is 0 Å². The maximum absolute atomic E-state index is 11.8. The normalized spacial score (nSPS) is 13.4. The molecule has 22 heavy (non-hydrogen) atoms. The van der Waals surface area contributed by atoms with Gasteiger partial charge in [0.2, 0.25) is 17.7 Å². The van der Waals surface area contributed by atoms with Gasteiger partial charge in [-0.2, -0.15) is 0 Å². The summed E-state index contributed by atoms with van der Waals surface area (Å²) in [6.45, 7) is 3.21. The molecule has 0 heterocycles. The molecule has 0 spiro atoms. The van der Waals surface area contributed by atoms with Crippen LogP contribution in [-0.2, 0) is 14.4 Å². The van der Waals surface area contributed by atoms with E-state index in [1.54, 1.807) is 24.3 Å². The Morgan fingerprint density at radius 2 is 1.95 bits per heavy atom. The van der Waals surface area contributed by atoms with Gasteiger partial charge in [-0.25, -0.2) is 0 Å². The Morgan fingerprint density at radius 1 is 1.23 bits per heavy atom. The Bertz CT molecular complexity index is 582. The van der Waals surface area contributed by atoms with E-state index in [2.05, 4.69) is 10.6 Å². The van der Waals surface area contributed by atoms with Gasteiger partial charge < -0.3 is 15.5 Å². The number of rotatable bonds is 6. The topological polar surface area (TPSA) is 78.5 Å². The number of hydrogen-bond acceptors (Lipinski definition) is 3. The van der Waals surface area contributed by atoms with Gasteiger partial charge in [0.25, 0.3) is 0 Å². The number of carbonyl (C=O) groups excluding carboxylic acids is 3. The summed E-state index contributed by atoms with van der Waals surface area (Å²) in [7, 11) is 0. The summed E-state index contributed by atoms with van der Waals surface area (Å²) in [5, 5.41) is 5.59. The molecule has 1 aromatic rings. The van der Waals surface area contributed by atoms with E-state index in [0.29, 0.717) is 24.0 Å². The molecule has 0 saturated heterocycles. The van der Waals surface area contributed by atoms with E-state index >= 15 is 0 Å². The molecule has 0 aliphatic heterocycles. The van der Waals surface area contributed by atoms with E-state index in [4.69, 9.17) is 0 Å². The quantitative estimate of drug-likeness (QED) is 0.839. The second-order valence-corrected chi connectivity index (χ2v) is 5.49. The molecule has 1 aromatic carbocycles. The van der Waals surface area contributed by atoms with Gasteiger partial charge in [-0.1, -0.05) is 6.07 Å². The van der Waals surface area contributed by atoms with E-state index in [1.165, 1.54) is 18.7 Å². The second kappa shape index (κ2) is 7.06. The molecule has 2 N–H and O–H groups in total.